The van der Waals surface area contributed by atoms with Crippen molar-refractivity contribution in [3.63, 3.8) is 0 Å². The summed E-state index contributed by atoms with van der Waals surface area (Å²) in [7, 11) is 0. The van der Waals surface area contributed by atoms with Gasteiger partial charge in [0.15, 0.2) is 0 Å². The summed E-state index contributed by atoms with van der Waals surface area (Å²) in [5, 5.41) is 12.1. The highest BCUT2D eigenvalue weighted by atomic mass is 19.1. The first-order valence-electron chi connectivity index (χ1n) is 7.10. The standard InChI is InChI=1S/C15H21FN2O2/c16-13-5-3-4-12(10-13)7-8-17-15(20)18-9-2-1-6-14(18)11-19/h3-5,10,14,19H,1-2,6-9,11H2,(H,17,20). The number of rotatable bonds is 4. The first-order valence-corrected chi connectivity index (χ1v) is 7.10. The maximum absolute atomic E-state index is 13.0. The summed E-state index contributed by atoms with van der Waals surface area (Å²) < 4.78 is 13.0. The van der Waals surface area contributed by atoms with Gasteiger partial charge in [-0.3, -0.25) is 0 Å². The molecule has 1 aliphatic rings. The van der Waals surface area contributed by atoms with Gasteiger partial charge in [0.1, 0.15) is 5.82 Å². The number of aliphatic hydroxyl groups is 1. The van der Waals surface area contributed by atoms with Crippen LogP contribution < -0.4 is 5.32 Å². The number of benzene rings is 1. The van der Waals surface area contributed by atoms with Gasteiger partial charge in [0, 0.05) is 13.1 Å². The average Bonchev–Trinajstić information content (AvgIpc) is 2.47. The number of nitrogens with one attached hydrogen (secondary N) is 1. The number of halogens is 1. The van der Waals surface area contributed by atoms with E-state index in [1.54, 1.807) is 11.0 Å². The molecular formula is C15H21FN2O2. The summed E-state index contributed by atoms with van der Waals surface area (Å²) >= 11 is 0. The molecule has 2 N–H and O–H groups in total. The highest BCUT2D eigenvalue weighted by Crippen LogP contribution is 2.16. The molecule has 0 aliphatic carbocycles. The minimum atomic E-state index is -0.259. The number of hydrogen-bond acceptors (Lipinski definition) is 2. The Bertz CT molecular complexity index is 453. The number of carbonyl (C=O) groups excluding carboxylic acids is 1. The predicted molar refractivity (Wildman–Crippen MR) is 74.9 cm³/mol. The summed E-state index contributed by atoms with van der Waals surface area (Å²) in [5.41, 5.74) is 0.864. The summed E-state index contributed by atoms with van der Waals surface area (Å²) in [5.74, 6) is -0.259. The maximum Gasteiger partial charge on any atom is 0.317 e. The number of likely N-dealkylation sites (tertiary alicyclic amines) is 1. The van der Waals surface area contributed by atoms with Crippen LogP contribution in [-0.2, 0) is 6.42 Å². The van der Waals surface area contributed by atoms with Gasteiger partial charge in [-0.15, -0.1) is 0 Å². The number of aliphatic hydroxyl groups excluding tert-OH is 1. The van der Waals surface area contributed by atoms with Gasteiger partial charge in [0.2, 0.25) is 0 Å². The molecule has 1 saturated heterocycles. The Kier molecular flexibility index (Phi) is 5.35. The molecule has 1 aromatic rings. The minimum absolute atomic E-state index is 0.0112. The molecule has 110 valence electrons. The molecule has 1 unspecified atom stereocenters. The van der Waals surface area contributed by atoms with Crippen molar-refractivity contribution in [1.82, 2.24) is 10.2 Å². The first kappa shape index (κ1) is 14.8. The van der Waals surface area contributed by atoms with Crippen LogP contribution in [0.25, 0.3) is 0 Å². The maximum atomic E-state index is 13.0. The summed E-state index contributed by atoms with van der Waals surface area (Å²) in [6.07, 6.45) is 3.49. The van der Waals surface area contributed by atoms with Crippen molar-refractivity contribution in [2.75, 3.05) is 19.7 Å². The quantitative estimate of drug-likeness (QED) is 0.885. The van der Waals surface area contributed by atoms with Gasteiger partial charge < -0.3 is 15.3 Å². The Morgan fingerprint density at radius 2 is 2.30 bits per heavy atom. The van der Waals surface area contributed by atoms with Crippen LogP contribution in [0.3, 0.4) is 0 Å². The normalized spacial score (nSPS) is 18.9. The number of urea groups is 1. The molecule has 0 saturated carbocycles. The second kappa shape index (κ2) is 7.24. The van der Waals surface area contributed by atoms with Gasteiger partial charge in [-0.1, -0.05) is 12.1 Å². The van der Waals surface area contributed by atoms with Crippen LogP contribution >= 0.6 is 0 Å². The smallest absolute Gasteiger partial charge is 0.317 e. The van der Waals surface area contributed by atoms with Gasteiger partial charge in [-0.25, -0.2) is 9.18 Å². The van der Waals surface area contributed by atoms with Crippen molar-refractivity contribution in [3.05, 3.63) is 35.6 Å². The minimum Gasteiger partial charge on any atom is -0.394 e. The monoisotopic (exact) mass is 280 g/mol. The van der Waals surface area contributed by atoms with Crippen LogP contribution in [0.2, 0.25) is 0 Å². The molecule has 1 aliphatic heterocycles. The number of amides is 2. The first-order chi connectivity index (χ1) is 9.70. The van der Waals surface area contributed by atoms with E-state index < -0.39 is 0 Å². The van der Waals surface area contributed by atoms with E-state index in [4.69, 9.17) is 0 Å². The Balaban J connectivity index is 1.79. The van der Waals surface area contributed by atoms with Crippen LogP contribution in [-0.4, -0.2) is 41.8 Å². The van der Waals surface area contributed by atoms with Crippen LogP contribution in [0.4, 0.5) is 9.18 Å². The van der Waals surface area contributed by atoms with Crippen LogP contribution in [0.5, 0.6) is 0 Å². The van der Waals surface area contributed by atoms with E-state index in [2.05, 4.69) is 5.32 Å². The molecule has 1 aromatic carbocycles. The topological polar surface area (TPSA) is 52.6 Å². The van der Waals surface area contributed by atoms with E-state index in [9.17, 15) is 14.3 Å². The lowest BCUT2D eigenvalue weighted by atomic mass is 10.0. The molecule has 0 aromatic heterocycles. The molecule has 1 heterocycles. The second-order valence-corrected chi connectivity index (χ2v) is 5.14. The third kappa shape index (κ3) is 3.93. The molecule has 5 heteroatoms. The number of hydrogen-bond donors (Lipinski definition) is 2. The molecule has 4 nitrogen and oxygen atoms in total. The Hall–Kier alpha value is -1.62. The van der Waals surface area contributed by atoms with E-state index in [1.807, 2.05) is 6.07 Å². The van der Waals surface area contributed by atoms with Gasteiger partial charge >= 0.3 is 6.03 Å². The lowest BCUT2D eigenvalue weighted by molar-refractivity contribution is 0.108. The summed E-state index contributed by atoms with van der Waals surface area (Å²) in [6, 6.07) is 6.18. The largest absolute Gasteiger partial charge is 0.394 e. The summed E-state index contributed by atoms with van der Waals surface area (Å²) in [6.45, 7) is 1.17. The molecule has 1 fully saturated rings. The van der Waals surface area contributed by atoms with Gasteiger partial charge in [0.25, 0.3) is 0 Å². The van der Waals surface area contributed by atoms with E-state index in [1.165, 1.54) is 12.1 Å². The Morgan fingerprint density at radius 1 is 1.45 bits per heavy atom. The molecule has 1 atom stereocenters. The lowest BCUT2D eigenvalue weighted by Crippen LogP contribution is -2.50. The Labute approximate surface area is 118 Å². The number of carbonyl (C=O) groups is 1. The third-order valence-electron chi connectivity index (χ3n) is 3.68. The van der Waals surface area contributed by atoms with Crippen molar-refractivity contribution in [1.29, 1.82) is 0 Å². The fourth-order valence-electron chi connectivity index (χ4n) is 2.57. The molecule has 0 radical (unpaired) electrons. The van der Waals surface area contributed by atoms with E-state index in [0.29, 0.717) is 19.5 Å². The fourth-order valence-corrected chi connectivity index (χ4v) is 2.57. The highest BCUT2D eigenvalue weighted by Gasteiger charge is 2.25. The van der Waals surface area contributed by atoms with Crippen LogP contribution in [0, 0.1) is 5.82 Å². The molecule has 2 rings (SSSR count). The van der Waals surface area contributed by atoms with Crippen molar-refractivity contribution in [2.45, 2.75) is 31.7 Å². The zero-order valence-corrected chi connectivity index (χ0v) is 11.5. The predicted octanol–water partition coefficient (Wildman–Crippen LogP) is 1.92. The zero-order valence-electron chi connectivity index (χ0n) is 11.5. The lowest BCUT2D eigenvalue weighted by Gasteiger charge is -2.34. The number of nitrogens with zero attached hydrogens (tertiary/aromatic N) is 1. The third-order valence-corrected chi connectivity index (χ3v) is 3.68. The van der Waals surface area contributed by atoms with E-state index in [0.717, 1.165) is 24.8 Å². The summed E-state index contributed by atoms with van der Waals surface area (Å²) in [4.78, 5) is 13.8. The SMILES string of the molecule is O=C(NCCc1cccc(F)c1)N1CCCCC1CO. The van der Waals surface area contributed by atoms with Gasteiger partial charge in [-0.05, 0) is 43.4 Å². The second-order valence-electron chi connectivity index (χ2n) is 5.14. The highest BCUT2D eigenvalue weighted by molar-refractivity contribution is 5.74. The molecule has 0 bridgehead atoms. The van der Waals surface area contributed by atoms with Crippen LogP contribution in [0.15, 0.2) is 24.3 Å². The zero-order chi connectivity index (χ0) is 14.4. The average molecular weight is 280 g/mol. The molecule has 2 amide bonds. The molecular weight excluding hydrogens is 259 g/mol. The van der Waals surface area contributed by atoms with Crippen molar-refractivity contribution in [2.24, 2.45) is 0 Å². The fraction of sp³-hybridized carbons (Fsp3) is 0.533. The van der Waals surface area contributed by atoms with E-state index >= 15 is 0 Å². The van der Waals surface area contributed by atoms with E-state index in [-0.39, 0.29) is 24.5 Å². The van der Waals surface area contributed by atoms with Gasteiger partial charge in [0.05, 0.1) is 12.6 Å². The van der Waals surface area contributed by atoms with Crippen molar-refractivity contribution < 1.29 is 14.3 Å². The van der Waals surface area contributed by atoms with Crippen molar-refractivity contribution in [3.8, 4) is 0 Å². The van der Waals surface area contributed by atoms with Gasteiger partial charge in [-0.2, -0.15) is 0 Å². The Morgan fingerprint density at radius 3 is 3.05 bits per heavy atom. The van der Waals surface area contributed by atoms with Crippen molar-refractivity contribution >= 4 is 6.03 Å². The molecule has 0 spiro atoms. The number of piperidine rings is 1. The van der Waals surface area contributed by atoms with Crippen LogP contribution in [0.1, 0.15) is 24.8 Å². The molecule has 20 heavy (non-hydrogen) atoms.